The van der Waals surface area contributed by atoms with Crippen molar-refractivity contribution in [1.82, 2.24) is 0 Å². The summed E-state index contributed by atoms with van der Waals surface area (Å²) in [6.07, 6.45) is -5.18. The van der Waals surface area contributed by atoms with Crippen LogP contribution in [0.15, 0.2) is 17.0 Å². The maximum atomic E-state index is 12.8. The molecule has 1 aromatic carbocycles. The van der Waals surface area contributed by atoms with Gasteiger partial charge in [0.05, 0.1) is 4.90 Å². The van der Waals surface area contributed by atoms with Crippen molar-refractivity contribution >= 4 is 11.1 Å². The number of rotatable bonds is 1. The second-order valence-corrected chi connectivity index (χ2v) is 3.48. The van der Waals surface area contributed by atoms with Gasteiger partial charge in [-0.2, -0.15) is 13.2 Å². The van der Waals surface area contributed by atoms with Crippen LogP contribution in [0.1, 0.15) is 5.56 Å². The van der Waals surface area contributed by atoms with Gasteiger partial charge in [0.25, 0.3) is 0 Å². The molecule has 0 saturated carbocycles. The minimum atomic E-state index is -5.18. The highest BCUT2D eigenvalue weighted by Gasteiger charge is 2.38. The summed E-state index contributed by atoms with van der Waals surface area (Å²) >= 11 is -2.73. The Labute approximate surface area is 83.0 Å². The predicted molar refractivity (Wildman–Crippen MR) is 40.4 cm³/mol. The minimum Gasteiger partial charge on any atom is -0.302 e. The first-order valence-corrected chi connectivity index (χ1v) is 4.51. The van der Waals surface area contributed by atoms with Gasteiger partial charge in [0.15, 0.2) is 11.1 Å². The van der Waals surface area contributed by atoms with Crippen LogP contribution in [0.4, 0.5) is 22.0 Å². The Morgan fingerprint density at radius 3 is 1.80 bits per heavy atom. The van der Waals surface area contributed by atoms with E-state index in [0.717, 1.165) is 0 Å². The van der Waals surface area contributed by atoms with E-state index in [-0.39, 0.29) is 12.1 Å². The van der Waals surface area contributed by atoms with Crippen LogP contribution in [0.2, 0.25) is 0 Å². The first kappa shape index (κ1) is 12.1. The highest BCUT2D eigenvalue weighted by molar-refractivity contribution is 7.79. The first-order chi connectivity index (χ1) is 6.73. The highest BCUT2D eigenvalue weighted by atomic mass is 32.2. The first-order valence-electron chi connectivity index (χ1n) is 3.40. The van der Waals surface area contributed by atoms with E-state index < -0.39 is 39.4 Å². The third kappa shape index (κ3) is 2.51. The lowest BCUT2D eigenvalue weighted by atomic mass is 10.2. The molecule has 15 heavy (non-hydrogen) atoms. The molecule has 1 atom stereocenters. The average molecular weight is 246 g/mol. The molecule has 1 aromatic rings. The molecular formula is C7H3F5O2S. The normalized spacial score (nSPS) is 14.0. The van der Waals surface area contributed by atoms with E-state index in [1.165, 1.54) is 0 Å². The van der Waals surface area contributed by atoms with Crippen molar-refractivity contribution in [2.24, 2.45) is 0 Å². The Morgan fingerprint density at radius 1 is 1.13 bits per heavy atom. The van der Waals surface area contributed by atoms with Crippen molar-refractivity contribution in [2.45, 2.75) is 11.1 Å². The Bertz CT molecular complexity index is 391. The van der Waals surface area contributed by atoms with Gasteiger partial charge >= 0.3 is 6.18 Å². The summed E-state index contributed by atoms with van der Waals surface area (Å²) in [5.74, 6) is -3.83. The van der Waals surface area contributed by atoms with E-state index in [0.29, 0.717) is 0 Å². The zero-order valence-electron chi connectivity index (χ0n) is 6.81. The number of alkyl halides is 3. The van der Waals surface area contributed by atoms with Crippen molar-refractivity contribution in [2.75, 3.05) is 0 Å². The van der Waals surface area contributed by atoms with Gasteiger partial charge in [-0.25, -0.2) is 13.0 Å². The zero-order chi connectivity index (χ0) is 11.8. The lowest BCUT2D eigenvalue weighted by Crippen LogP contribution is -2.12. The van der Waals surface area contributed by atoms with E-state index in [9.17, 15) is 26.2 Å². The third-order valence-electron chi connectivity index (χ3n) is 1.50. The molecule has 0 heterocycles. The highest BCUT2D eigenvalue weighted by Crippen LogP contribution is 2.34. The molecule has 0 aromatic heterocycles. The van der Waals surface area contributed by atoms with E-state index in [2.05, 4.69) is 0 Å². The van der Waals surface area contributed by atoms with Crippen molar-refractivity contribution in [3.05, 3.63) is 29.3 Å². The van der Waals surface area contributed by atoms with Crippen LogP contribution in [0, 0.1) is 11.6 Å². The van der Waals surface area contributed by atoms with Crippen LogP contribution in [0.5, 0.6) is 0 Å². The van der Waals surface area contributed by atoms with E-state index in [1.54, 1.807) is 0 Å². The second kappa shape index (κ2) is 3.86. The summed E-state index contributed by atoms with van der Waals surface area (Å²) in [4.78, 5) is -0.766. The number of hydrogen-bond acceptors (Lipinski definition) is 1. The predicted octanol–water partition coefficient (Wildman–Crippen LogP) is 2.56. The van der Waals surface area contributed by atoms with Crippen LogP contribution < -0.4 is 0 Å². The standard InChI is InChI=1S/C7H3F5O2S/c8-4-1-3(15(13)14)2-5(9)6(4)7(10,11)12/h1-2H,(H,13,14). The number of benzene rings is 1. The summed E-state index contributed by atoms with van der Waals surface area (Å²) < 4.78 is 80.4. The lowest BCUT2D eigenvalue weighted by Gasteiger charge is -2.09. The fraction of sp³-hybridized carbons (Fsp3) is 0.143. The largest absolute Gasteiger partial charge is 0.422 e. The molecule has 1 unspecified atom stereocenters. The fourth-order valence-electron chi connectivity index (χ4n) is 0.922. The maximum Gasteiger partial charge on any atom is 0.422 e. The smallest absolute Gasteiger partial charge is 0.302 e. The van der Waals surface area contributed by atoms with Gasteiger partial charge in [0.2, 0.25) is 0 Å². The SMILES string of the molecule is O=S(O)c1cc(F)c(C(F)(F)F)c(F)c1. The van der Waals surface area contributed by atoms with Crippen molar-refractivity contribution < 1.29 is 30.7 Å². The molecule has 8 heteroatoms. The summed E-state index contributed by atoms with van der Waals surface area (Å²) in [6.45, 7) is 0. The van der Waals surface area contributed by atoms with Gasteiger partial charge in [0.1, 0.15) is 17.2 Å². The molecule has 0 aliphatic rings. The molecule has 0 radical (unpaired) electrons. The lowest BCUT2D eigenvalue weighted by molar-refractivity contribution is -0.142. The van der Waals surface area contributed by atoms with Gasteiger partial charge in [-0.1, -0.05) is 0 Å². The Morgan fingerprint density at radius 2 is 1.53 bits per heavy atom. The summed E-state index contributed by atoms with van der Waals surface area (Å²) in [5.41, 5.74) is -2.07. The van der Waals surface area contributed by atoms with Crippen LogP contribution >= 0.6 is 0 Å². The number of halogens is 5. The molecule has 84 valence electrons. The van der Waals surface area contributed by atoms with Crippen LogP contribution in [-0.2, 0) is 17.3 Å². The molecule has 0 bridgehead atoms. The van der Waals surface area contributed by atoms with Gasteiger partial charge in [0, 0.05) is 0 Å². The summed E-state index contributed by atoms with van der Waals surface area (Å²) in [5, 5.41) is 0. The molecule has 0 amide bonds. The third-order valence-corrected chi connectivity index (χ3v) is 2.14. The van der Waals surface area contributed by atoms with Gasteiger partial charge in [-0.3, -0.25) is 0 Å². The number of hydrogen-bond donors (Lipinski definition) is 1. The molecule has 0 fully saturated rings. The molecule has 1 N–H and O–H groups in total. The second-order valence-electron chi connectivity index (χ2n) is 2.51. The molecule has 0 aliphatic heterocycles. The van der Waals surface area contributed by atoms with Gasteiger partial charge < -0.3 is 4.55 Å². The maximum absolute atomic E-state index is 12.8. The molecule has 0 saturated heterocycles. The Balaban J connectivity index is 3.41. The van der Waals surface area contributed by atoms with E-state index >= 15 is 0 Å². The van der Waals surface area contributed by atoms with E-state index in [1.807, 2.05) is 0 Å². The zero-order valence-corrected chi connectivity index (χ0v) is 7.62. The topological polar surface area (TPSA) is 37.3 Å². The molecule has 0 aliphatic carbocycles. The molecule has 2 nitrogen and oxygen atoms in total. The van der Waals surface area contributed by atoms with Crippen molar-refractivity contribution in [3.63, 3.8) is 0 Å². The van der Waals surface area contributed by atoms with Crippen molar-refractivity contribution in [3.8, 4) is 0 Å². The quantitative estimate of drug-likeness (QED) is 0.610. The molecular weight excluding hydrogens is 243 g/mol. The average Bonchev–Trinajstić information content (AvgIpc) is 1.99. The van der Waals surface area contributed by atoms with E-state index in [4.69, 9.17) is 4.55 Å². The van der Waals surface area contributed by atoms with Crippen molar-refractivity contribution in [1.29, 1.82) is 0 Å². The minimum absolute atomic E-state index is 0.169. The molecule has 0 spiro atoms. The Kier molecular flexibility index (Phi) is 3.10. The van der Waals surface area contributed by atoms with Crippen LogP contribution in [-0.4, -0.2) is 8.76 Å². The summed E-state index contributed by atoms with van der Waals surface area (Å²) in [6, 6.07) is 0.337. The summed E-state index contributed by atoms with van der Waals surface area (Å²) in [7, 11) is 0. The monoisotopic (exact) mass is 246 g/mol. The van der Waals surface area contributed by atoms with Gasteiger partial charge in [-0.05, 0) is 12.1 Å². The van der Waals surface area contributed by atoms with Crippen LogP contribution in [0.3, 0.4) is 0 Å². The fourth-order valence-corrected chi connectivity index (χ4v) is 1.33. The van der Waals surface area contributed by atoms with Crippen LogP contribution in [0.25, 0.3) is 0 Å². The Hall–Kier alpha value is -1.02. The molecule has 1 rings (SSSR count). The van der Waals surface area contributed by atoms with Gasteiger partial charge in [-0.15, -0.1) is 0 Å².